The number of amides is 1. The summed E-state index contributed by atoms with van der Waals surface area (Å²) in [6.07, 6.45) is 8.80. The van der Waals surface area contributed by atoms with E-state index in [1.54, 1.807) is 13.2 Å². The van der Waals surface area contributed by atoms with Crippen molar-refractivity contribution >= 4 is 5.91 Å². The zero-order chi connectivity index (χ0) is 14.3. The highest BCUT2D eigenvalue weighted by Gasteiger charge is 2.38. The SMILES string of the molecule is COc1cc(=O)n(C)cc1C(=O)N1C2C=CCC1CC2. The van der Waals surface area contributed by atoms with E-state index in [-0.39, 0.29) is 23.6 Å². The molecule has 2 aliphatic heterocycles. The van der Waals surface area contributed by atoms with E-state index in [4.69, 9.17) is 4.74 Å². The molecule has 0 N–H and O–H groups in total. The van der Waals surface area contributed by atoms with E-state index < -0.39 is 0 Å². The molecule has 1 amide bonds. The molecule has 106 valence electrons. The van der Waals surface area contributed by atoms with Crippen LogP contribution in [0.5, 0.6) is 5.75 Å². The van der Waals surface area contributed by atoms with Gasteiger partial charge in [-0.3, -0.25) is 9.59 Å². The first-order valence-electron chi connectivity index (χ1n) is 6.86. The Morgan fingerprint density at radius 1 is 1.40 bits per heavy atom. The Hall–Kier alpha value is -2.04. The standard InChI is InChI=1S/C15H18N2O3/c1-16-9-12(13(20-2)8-14(16)18)15(19)17-10-4-3-5-11(17)7-6-10/h3-4,8-11H,5-7H2,1-2H3. The normalized spacial score (nSPS) is 24.0. The molecule has 2 aliphatic rings. The predicted octanol–water partition coefficient (Wildman–Crippen LogP) is 1.33. The zero-order valence-electron chi connectivity index (χ0n) is 11.7. The van der Waals surface area contributed by atoms with Gasteiger partial charge in [0.25, 0.3) is 11.5 Å². The molecule has 1 saturated heterocycles. The number of pyridine rings is 1. The zero-order valence-corrected chi connectivity index (χ0v) is 11.7. The van der Waals surface area contributed by atoms with Gasteiger partial charge in [0.05, 0.1) is 18.7 Å². The van der Waals surface area contributed by atoms with Crippen LogP contribution in [0.25, 0.3) is 0 Å². The summed E-state index contributed by atoms with van der Waals surface area (Å²) < 4.78 is 6.62. The Morgan fingerprint density at radius 3 is 2.90 bits per heavy atom. The summed E-state index contributed by atoms with van der Waals surface area (Å²) >= 11 is 0. The van der Waals surface area contributed by atoms with Gasteiger partial charge in [-0.2, -0.15) is 0 Å². The van der Waals surface area contributed by atoms with Gasteiger partial charge in [-0.25, -0.2) is 0 Å². The number of aryl methyl sites for hydroxylation is 1. The number of hydrogen-bond donors (Lipinski definition) is 0. The van der Waals surface area contributed by atoms with Gasteiger partial charge in [0.1, 0.15) is 5.75 Å². The summed E-state index contributed by atoms with van der Waals surface area (Å²) in [6.45, 7) is 0. The Morgan fingerprint density at radius 2 is 2.20 bits per heavy atom. The van der Waals surface area contributed by atoms with Crippen LogP contribution in [-0.2, 0) is 7.05 Å². The monoisotopic (exact) mass is 274 g/mol. The van der Waals surface area contributed by atoms with Gasteiger partial charge in [0, 0.05) is 25.4 Å². The van der Waals surface area contributed by atoms with Crippen LogP contribution in [0, 0.1) is 0 Å². The first-order valence-corrected chi connectivity index (χ1v) is 6.86. The quantitative estimate of drug-likeness (QED) is 0.764. The molecule has 0 saturated carbocycles. The molecule has 2 atom stereocenters. The smallest absolute Gasteiger partial charge is 0.259 e. The number of hydrogen-bond acceptors (Lipinski definition) is 3. The van der Waals surface area contributed by atoms with Gasteiger partial charge in [0.15, 0.2) is 0 Å². The molecule has 2 bridgehead atoms. The fraction of sp³-hybridized carbons (Fsp3) is 0.467. The van der Waals surface area contributed by atoms with Gasteiger partial charge >= 0.3 is 0 Å². The summed E-state index contributed by atoms with van der Waals surface area (Å²) in [5.74, 6) is 0.307. The minimum Gasteiger partial charge on any atom is -0.496 e. The van der Waals surface area contributed by atoms with E-state index in [0.29, 0.717) is 11.3 Å². The van der Waals surface area contributed by atoms with Crippen LogP contribution in [0.3, 0.4) is 0 Å². The molecular formula is C15H18N2O3. The first kappa shape index (κ1) is 13.0. The number of carbonyl (C=O) groups is 1. The van der Waals surface area contributed by atoms with Crippen molar-refractivity contribution in [1.29, 1.82) is 0 Å². The highest BCUT2D eigenvalue weighted by Crippen LogP contribution is 2.33. The lowest BCUT2D eigenvalue weighted by molar-refractivity contribution is 0.0684. The fourth-order valence-corrected chi connectivity index (χ4v) is 3.12. The lowest BCUT2D eigenvalue weighted by Crippen LogP contribution is -2.42. The van der Waals surface area contributed by atoms with Crippen molar-refractivity contribution in [2.75, 3.05) is 7.11 Å². The van der Waals surface area contributed by atoms with Crippen molar-refractivity contribution in [2.24, 2.45) is 7.05 Å². The molecule has 1 aromatic rings. The van der Waals surface area contributed by atoms with Gasteiger partial charge in [-0.1, -0.05) is 12.2 Å². The van der Waals surface area contributed by atoms with Crippen molar-refractivity contribution in [2.45, 2.75) is 31.3 Å². The highest BCUT2D eigenvalue weighted by molar-refractivity contribution is 5.97. The molecular weight excluding hydrogens is 256 g/mol. The molecule has 0 radical (unpaired) electrons. The van der Waals surface area contributed by atoms with Crippen molar-refractivity contribution in [1.82, 2.24) is 9.47 Å². The molecule has 3 rings (SSSR count). The average Bonchev–Trinajstić information content (AvgIpc) is 2.70. The van der Waals surface area contributed by atoms with E-state index in [0.717, 1.165) is 19.3 Å². The summed E-state index contributed by atoms with van der Waals surface area (Å²) in [5.41, 5.74) is 0.279. The fourth-order valence-electron chi connectivity index (χ4n) is 3.12. The van der Waals surface area contributed by atoms with E-state index in [1.165, 1.54) is 17.7 Å². The maximum absolute atomic E-state index is 12.8. The van der Waals surface area contributed by atoms with Crippen LogP contribution in [0.1, 0.15) is 29.6 Å². The maximum Gasteiger partial charge on any atom is 0.259 e. The minimum absolute atomic E-state index is 0.0469. The van der Waals surface area contributed by atoms with E-state index >= 15 is 0 Å². The van der Waals surface area contributed by atoms with Gasteiger partial charge < -0.3 is 14.2 Å². The van der Waals surface area contributed by atoms with Crippen molar-refractivity contribution < 1.29 is 9.53 Å². The van der Waals surface area contributed by atoms with Crippen molar-refractivity contribution in [3.8, 4) is 5.75 Å². The summed E-state index contributed by atoms with van der Waals surface area (Å²) in [5, 5.41) is 0. The topological polar surface area (TPSA) is 51.5 Å². The van der Waals surface area contributed by atoms with Crippen LogP contribution in [-0.4, -0.2) is 34.6 Å². The third-order valence-electron chi connectivity index (χ3n) is 4.19. The summed E-state index contributed by atoms with van der Waals surface area (Å²) in [7, 11) is 3.12. The first-order chi connectivity index (χ1) is 9.61. The second-order valence-corrected chi connectivity index (χ2v) is 5.38. The number of rotatable bonds is 2. The second-order valence-electron chi connectivity index (χ2n) is 5.38. The van der Waals surface area contributed by atoms with Crippen molar-refractivity contribution in [3.05, 3.63) is 40.3 Å². The molecule has 0 aliphatic carbocycles. The molecule has 3 heterocycles. The average molecular weight is 274 g/mol. The lowest BCUT2D eigenvalue weighted by atomic mass is 10.1. The minimum atomic E-state index is -0.181. The third-order valence-corrected chi connectivity index (χ3v) is 4.19. The molecule has 20 heavy (non-hydrogen) atoms. The molecule has 1 fully saturated rings. The predicted molar refractivity (Wildman–Crippen MR) is 75.0 cm³/mol. The number of ether oxygens (including phenoxy) is 1. The Balaban J connectivity index is 2.01. The van der Waals surface area contributed by atoms with Gasteiger partial charge in [-0.05, 0) is 19.3 Å². The molecule has 1 aromatic heterocycles. The third kappa shape index (κ3) is 1.94. The maximum atomic E-state index is 12.8. The van der Waals surface area contributed by atoms with Crippen LogP contribution < -0.4 is 10.3 Å². The Bertz CT molecular complexity index is 632. The van der Waals surface area contributed by atoms with Gasteiger partial charge in [0.2, 0.25) is 0 Å². The van der Waals surface area contributed by atoms with Crippen LogP contribution >= 0.6 is 0 Å². The number of fused-ring (bicyclic) bond motifs is 2. The van der Waals surface area contributed by atoms with E-state index in [1.807, 2.05) is 4.90 Å². The lowest BCUT2D eigenvalue weighted by Gasteiger charge is -2.31. The largest absolute Gasteiger partial charge is 0.496 e. The second kappa shape index (κ2) is 4.81. The number of carbonyl (C=O) groups excluding carboxylic acids is 1. The number of methoxy groups -OCH3 is 1. The number of nitrogens with zero attached hydrogens (tertiary/aromatic N) is 2. The van der Waals surface area contributed by atoms with Crippen LogP contribution in [0.15, 0.2) is 29.2 Å². The Kier molecular flexibility index (Phi) is 3.12. The van der Waals surface area contributed by atoms with E-state index in [2.05, 4.69) is 12.2 Å². The van der Waals surface area contributed by atoms with Crippen LogP contribution in [0.2, 0.25) is 0 Å². The summed E-state index contributed by atoms with van der Waals surface area (Å²) in [6, 6.07) is 1.83. The Labute approximate surface area is 117 Å². The van der Waals surface area contributed by atoms with Crippen LogP contribution in [0.4, 0.5) is 0 Å². The molecule has 2 unspecified atom stereocenters. The molecule has 0 aromatic carbocycles. The van der Waals surface area contributed by atoms with Gasteiger partial charge in [-0.15, -0.1) is 0 Å². The summed E-state index contributed by atoms with van der Waals surface area (Å²) in [4.78, 5) is 26.4. The number of aromatic nitrogens is 1. The molecule has 5 nitrogen and oxygen atoms in total. The van der Waals surface area contributed by atoms with E-state index in [9.17, 15) is 9.59 Å². The highest BCUT2D eigenvalue weighted by atomic mass is 16.5. The molecule has 0 spiro atoms. The molecule has 5 heteroatoms. The van der Waals surface area contributed by atoms with Crippen molar-refractivity contribution in [3.63, 3.8) is 0 Å².